The van der Waals surface area contributed by atoms with E-state index in [2.05, 4.69) is 0 Å². The highest BCUT2D eigenvalue weighted by Crippen LogP contribution is 2.41. The second kappa shape index (κ2) is 16.3. The Balaban J connectivity index is 1.43. The molecule has 304 valence electrons. The van der Waals surface area contributed by atoms with Gasteiger partial charge in [-0.05, 0) is 18.2 Å². The molecule has 4 heterocycles. The number of aromatic hydroxyl groups is 3. The largest absolute Gasteiger partial charge is 0.507 e. The molecule has 3 fully saturated rings. The zero-order chi connectivity index (χ0) is 40.0. The van der Waals surface area contributed by atoms with E-state index in [0.717, 1.165) is 24.3 Å². The van der Waals surface area contributed by atoms with Crippen molar-refractivity contribution in [1.29, 1.82) is 0 Å². The van der Waals surface area contributed by atoms with Crippen LogP contribution in [0.1, 0.15) is 0 Å². The van der Waals surface area contributed by atoms with Crippen LogP contribution in [-0.4, -0.2) is 183 Å². The summed E-state index contributed by atoms with van der Waals surface area (Å²) >= 11 is 0. The fraction of sp³-hybridized carbons (Fsp3) is 0.545. The molecule has 22 heteroatoms. The smallest absolute Gasteiger partial charge is 0.239 e. The molecule has 0 aliphatic carbocycles. The third-order valence-electron chi connectivity index (χ3n) is 9.44. The highest BCUT2D eigenvalue weighted by atomic mass is 16.8. The van der Waals surface area contributed by atoms with Crippen LogP contribution in [0.3, 0.4) is 0 Å². The molecular formula is C33H40O22. The van der Waals surface area contributed by atoms with Gasteiger partial charge in [0.05, 0.1) is 19.8 Å². The maximum Gasteiger partial charge on any atom is 0.239 e. The van der Waals surface area contributed by atoms with Crippen LogP contribution in [0.4, 0.5) is 0 Å². The monoisotopic (exact) mass is 788 g/mol. The van der Waals surface area contributed by atoms with Gasteiger partial charge in [-0.3, -0.25) is 4.79 Å². The molecule has 3 aromatic rings. The molecule has 0 amide bonds. The molecule has 7 unspecified atom stereocenters. The molecule has 3 aliphatic rings. The van der Waals surface area contributed by atoms with Crippen LogP contribution in [0.25, 0.3) is 22.3 Å². The first-order chi connectivity index (χ1) is 26.1. The van der Waals surface area contributed by atoms with Gasteiger partial charge in [-0.15, -0.1) is 0 Å². The number of hydrogen-bond donors (Lipinski definition) is 14. The van der Waals surface area contributed by atoms with Crippen molar-refractivity contribution >= 4 is 11.0 Å². The minimum Gasteiger partial charge on any atom is -0.507 e. The first-order valence-corrected chi connectivity index (χ1v) is 16.7. The highest BCUT2D eigenvalue weighted by molar-refractivity contribution is 5.88. The Hall–Kier alpha value is -3.95. The van der Waals surface area contributed by atoms with Crippen LogP contribution in [-0.2, 0) is 18.9 Å². The number of ether oxygens (including phenoxy) is 6. The van der Waals surface area contributed by atoms with Crippen molar-refractivity contribution in [2.24, 2.45) is 0 Å². The van der Waals surface area contributed by atoms with E-state index in [9.17, 15) is 76.3 Å². The quantitative estimate of drug-likeness (QED) is 0.0853. The number of phenols is 3. The number of aliphatic hydroxyl groups is 11. The van der Waals surface area contributed by atoms with Gasteiger partial charge in [0.1, 0.15) is 89.6 Å². The number of benzene rings is 2. The Morgan fingerprint density at radius 3 is 1.69 bits per heavy atom. The summed E-state index contributed by atoms with van der Waals surface area (Å²) in [5.74, 6) is -3.84. The van der Waals surface area contributed by atoms with E-state index in [1.165, 1.54) is 6.07 Å². The second-order valence-electron chi connectivity index (χ2n) is 13.0. The van der Waals surface area contributed by atoms with Gasteiger partial charge in [0, 0.05) is 17.7 Å². The van der Waals surface area contributed by atoms with Crippen molar-refractivity contribution in [3.63, 3.8) is 0 Å². The number of hydrogen-bond acceptors (Lipinski definition) is 22. The molecule has 55 heavy (non-hydrogen) atoms. The number of rotatable bonds is 10. The van der Waals surface area contributed by atoms with E-state index < -0.39 is 157 Å². The fourth-order valence-electron chi connectivity index (χ4n) is 6.33. The van der Waals surface area contributed by atoms with Gasteiger partial charge in [0.15, 0.2) is 29.7 Å². The normalized spacial score (nSPS) is 36.8. The van der Waals surface area contributed by atoms with Gasteiger partial charge in [0.2, 0.25) is 23.8 Å². The van der Waals surface area contributed by atoms with Gasteiger partial charge in [0.25, 0.3) is 0 Å². The number of fused-ring (bicyclic) bond motifs is 1. The summed E-state index contributed by atoms with van der Waals surface area (Å²) in [6.45, 7) is -2.56. The van der Waals surface area contributed by atoms with Crippen LogP contribution >= 0.6 is 0 Å². The lowest BCUT2D eigenvalue weighted by atomic mass is 9.97. The first-order valence-electron chi connectivity index (χ1n) is 16.7. The van der Waals surface area contributed by atoms with Crippen molar-refractivity contribution in [3.05, 3.63) is 40.6 Å². The summed E-state index contributed by atoms with van der Waals surface area (Å²) in [5.41, 5.74) is -1.77. The number of phenolic OH excluding ortho intramolecular Hbond substituents is 3. The average molecular weight is 789 g/mol. The topological polar surface area (TPSA) is 369 Å². The van der Waals surface area contributed by atoms with E-state index in [0.29, 0.717) is 0 Å². The molecule has 14 N–H and O–H groups in total. The first kappa shape index (κ1) is 40.7. The molecule has 3 aliphatic heterocycles. The van der Waals surface area contributed by atoms with Crippen molar-refractivity contribution in [2.75, 3.05) is 19.8 Å². The summed E-state index contributed by atoms with van der Waals surface area (Å²) in [5, 5.41) is 143. The Labute approximate surface area is 307 Å². The minimum atomic E-state index is -2.05. The third-order valence-corrected chi connectivity index (χ3v) is 9.44. The Morgan fingerprint density at radius 1 is 0.564 bits per heavy atom. The van der Waals surface area contributed by atoms with Gasteiger partial charge in [-0.2, -0.15) is 0 Å². The summed E-state index contributed by atoms with van der Waals surface area (Å²) in [4.78, 5) is 14.2. The maximum atomic E-state index is 14.2. The molecule has 3 saturated heterocycles. The molecule has 6 rings (SSSR count). The fourth-order valence-corrected chi connectivity index (χ4v) is 6.33. The Morgan fingerprint density at radius 2 is 1.11 bits per heavy atom. The van der Waals surface area contributed by atoms with E-state index in [4.69, 9.17) is 32.8 Å². The van der Waals surface area contributed by atoms with Gasteiger partial charge >= 0.3 is 0 Å². The standard InChI is InChI=1S/C33H40O22/c34-6-15-19(40)23(44)26(47)31(51-15)49-10-4-13(39)18-14(5-10)50-28(9-1-2-11(37)12(38)3-9)29(22(18)43)54-33-30(25(46)21(42)17(8-36)53-33)55-32-27(48)24(45)20(41)16(7-35)52-32/h1-5,15-17,19-21,23-27,30-42,44-48H,6-8H2/t15?,16?,17?,19-,20-,21-,23+,24?,25?,26?,27-,30?,31-,32+,33+/m1/s1. The van der Waals surface area contributed by atoms with Gasteiger partial charge in [-0.1, -0.05) is 0 Å². The zero-order valence-electron chi connectivity index (χ0n) is 28.2. The summed E-state index contributed by atoms with van der Waals surface area (Å²) < 4.78 is 39.5. The summed E-state index contributed by atoms with van der Waals surface area (Å²) in [7, 11) is 0. The van der Waals surface area contributed by atoms with Crippen molar-refractivity contribution < 1.29 is 104 Å². The van der Waals surface area contributed by atoms with E-state index >= 15 is 0 Å². The zero-order valence-corrected chi connectivity index (χ0v) is 28.2. The SMILES string of the molecule is O=c1c(O[C@@H]2OC(CO)[C@@H](O)C(O)C2O[C@@H]2OC(CO)[C@@H](O)C(O)[C@H]2O)c(-c2ccc(O)c(O)c2)oc2cc(O[C@@H]3OC(CO)[C@@H](O)[C@H](O)C3O)cc(O)c12. The van der Waals surface area contributed by atoms with Crippen LogP contribution in [0, 0.1) is 0 Å². The third kappa shape index (κ3) is 7.63. The molecule has 15 atom stereocenters. The van der Waals surface area contributed by atoms with Crippen molar-refractivity contribution in [2.45, 2.75) is 92.1 Å². The average Bonchev–Trinajstić information content (AvgIpc) is 3.16. The lowest BCUT2D eigenvalue weighted by Crippen LogP contribution is -2.65. The van der Waals surface area contributed by atoms with E-state index in [1.807, 2.05) is 0 Å². The molecule has 0 saturated carbocycles. The maximum absolute atomic E-state index is 14.2. The Kier molecular flexibility index (Phi) is 12.0. The van der Waals surface area contributed by atoms with Gasteiger partial charge < -0.3 is 104 Å². The Bertz CT molecular complexity index is 1870. The van der Waals surface area contributed by atoms with Crippen LogP contribution < -0.4 is 14.9 Å². The van der Waals surface area contributed by atoms with E-state index in [1.54, 1.807) is 0 Å². The molecule has 0 spiro atoms. The van der Waals surface area contributed by atoms with Crippen molar-refractivity contribution in [3.8, 4) is 40.1 Å². The molecule has 1 aromatic heterocycles. The molecular weight excluding hydrogens is 748 g/mol. The lowest BCUT2D eigenvalue weighted by Gasteiger charge is -2.45. The number of aliphatic hydroxyl groups excluding tert-OH is 11. The van der Waals surface area contributed by atoms with Crippen LogP contribution in [0.2, 0.25) is 0 Å². The van der Waals surface area contributed by atoms with Gasteiger partial charge in [-0.25, -0.2) is 0 Å². The van der Waals surface area contributed by atoms with Crippen LogP contribution in [0.5, 0.6) is 28.7 Å². The van der Waals surface area contributed by atoms with E-state index in [-0.39, 0.29) is 11.3 Å². The molecule has 22 nitrogen and oxygen atoms in total. The minimum absolute atomic E-state index is 0.162. The summed E-state index contributed by atoms with van der Waals surface area (Å²) in [6.07, 6.45) is -27.2. The lowest BCUT2D eigenvalue weighted by molar-refractivity contribution is -0.358. The van der Waals surface area contributed by atoms with Crippen LogP contribution in [0.15, 0.2) is 39.5 Å². The molecule has 0 radical (unpaired) electrons. The highest BCUT2D eigenvalue weighted by Gasteiger charge is 2.52. The predicted molar refractivity (Wildman–Crippen MR) is 174 cm³/mol. The summed E-state index contributed by atoms with van der Waals surface area (Å²) in [6, 6.07) is 5.03. The van der Waals surface area contributed by atoms with Crippen molar-refractivity contribution in [1.82, 2.24) is 0 Å². The molecule has 2 aromatic carbocycles. The predicted octanol–water partition coefficient (Wildman–Crippen LogP) is -5.24. The molecule has 0 bridgehead atoms. The second-order valence-corrected chi connectivity index (χ2v) is 13.0.